The quantitative estimate of drug-likeness (QED) is 0.129. The maximum absolute atomic E-state index is 12.9. The summed E-state index contributed by atoms with van der Waals surface area (Å²) in [5, 5.41) is 16.4. The second kappa shape index (κ2) is 14.8. The summed E-state index contributed by atoms with van der Waals surface area (Å²) in [6.45, 7) is 7.32. The molecule has 0 saturated heterocycles. The van der Waals surface area contributed by atoms with E-state index in [1.165, 1.54) is 0 Å². The molecule has 13 heteroatoms. The summed E-state index contributed by atoms with van der Waals surface area (Å²) in [6, 6.07) is -4.89. The van der Waals surface area contributed by atoms with Gasteiger partial charge in [0.2, 0.25) is 29.5 Å². The minimum atomic E-state index is -1.50. The summed E-state index contributed by atoms with van der Waals surface area (Å²) < 4.78 is 0. The molecule has 5 amide bonds. The molecule has 0 aliphatic carbocycles. The van der Waals surface area contributed by atoms with Crippen LogP contribution in [0.25, 0.3) is 0 Å². The molecule has 0 aromatic rings. The van der Waals surface area contributed by atoms with Crippen molar-refractivity contribution in [1.82, 2.24) is 16.0 Å². The molecule has 0 aliphatic heterocycles. The fourth-order valence-corrected chi connectivity index (χ4v) is 2.98. The topological polar surface area (TPSA) is 237 Å². The zero-order chi connectivity index (χ0) is 26.6. The Morgan fingerprint density at radius 3 is 1.74 bits per heavy atom. The summed E-state index contributed by atoms with van der Waals surface area (Å²) in [7, 11) is 0. The van der Waals surface area contributed by atoms with Gasteiger partial charge in [0.1, 0.15) is 18.1 Å². The lowest BCUT2D eigenvalue weighted by atomic mass is 9.97. The van der Waals surface area contributed by atoms with E-state index in [1.54, 1.807) is 6.92 Å². The van der Waals surface area contributed by atoms with Crippen LogP contribution in [-0.4, -0.2) is 64.8 Å². The SMILES string of the molecule is CCC(C)C(N)C(=O)NC(CC(C)C)C(=O)NC(CC(N)=O)C(=O)NC(CCC(N)=O)C(=O)O. The highest BCUT2D eigenvalue weighted by Gasteiger charge is 2.32. The second-order valence-electron chi connectivity index (χ2n) is 8.74. The molecular formula is C21H38N6O7. The summed E-state index contributed by atoms with van der Waals surface area (Å²) in [5.41, 5.74) is 16.1. The van der Waals surface area contributed by atoms with Crippen LogP contribution in [0.15, 0.2) is 0 Å². The maximum Gasteiger partial charge on any atom is 0.326 e. The molecule has 0 rings (SSSR count). The van der Waals surface area contributed by atoms with Crippen molar-refractivity contribution in [2.45, 2.75) is 84.0 Å². The molecule has 0 aliphatic rings. The second-order valence-corrected chi connectivity index (χ2v) is 8.74. The van der Waals surface area contributed by atoms with Gasteiger partial charge in [-0.25, -0.2) is 4.79 Å². The van der Waals surface area contributed by atoms with E-state index >= 15 is 0 Å². The van der Waals surface area contributed by atoms with Gasteiger partial charge in [0.05, 0.1) is 12.5 Å². The number of carbonyl (C=O) groups excluding carboxylic acids is 5. The number of nitrogens with one attached hydrogen (secondary N) is 3. The number of hydrogen-bond acceptors (Lipinski definition) is 7. The molecule has 34 heavy (non-hydrogen) atoms. The van der Waals surface area contributed by atoms with Crippen LogP contribution in [0.1, 0.15) is 59.8 Å². The molecule has 0 heterocycles. The highest BCUT2D eigenvalue weighted by atomic mass is 16.4. The number of rotatable bonds is 16. The molecule has 0 aromatic carbocycles. The Bertz CT molecular complexity index is 758. The molecule has 5 unspecified atom stereocenters. The van der Waals surface area contributed by atoms with Crippen LogP contribution in [0.2, 0.25) is 0 Å². The van der Waals surface area contributed by atoms with Gasteiger partial charge in [0.25, 0.3) is 0 Å². The first-order valence-corrected chi connectivity index (χ1v) is 11.2. The largest absolute Gasteiger partial charge is 0.480 e. The van der Waals surface area contributed by atoms with Crippen LogP contribution in [0, 0.1) is 11.8 Å². The van der Waals surface area contributed by atoms with Gasteiger partial charge in [0.15, 0.2) is 0 Å². The van der Waals surface area contributed by atoms with Gasteiger partial charge in [-0.3, -0.25) is 24.0 Å². The number of carbonyl (C=O) groups is 6. The summed E-state index contributed by atoms with van der Waals surface area (Å²) in [5.74, 6) is -5.56. The summed E-state index contributed by atoms with van der Waals surface area (Å²) in [4.78, 5) is 71.9. The Morgan fingerprint density at radius 1 is 0.794 bits per heavy atom. The van der Waals surface area contributed by atoms with Gasteiger partial charge in [-0.15, -0.1) is 0 Å². The number of carboxylic acid groups (broad SMARTS) is 1. The summed E-state index contributed by atoms with van der Waals surface area (Å²) >= 11 is 0. The zero-order valence-electron chi connectivity index (χ0n) is 20.1. The van der Waals surface area contributed by atoms with E-state index in [0.29, 0.717) is 6.42 Å². The average molecular weight is 487 g/mol. The van der Waals surface area contributed by atoms with Crippen LogP contribution < -0.4 is 33.2 Å². The van der Waals surface area contributed by atoms with Crippen LogP contribution in [0.3, 0.4) is 0 Å². The first-order valence-electron chi connectivity index (χ1n) is 11.2. The number of amides is 5. The van der Waals surface area contributed by atoms with Gasteiger partial charge in [0, 0.05) is 6.42 Å². The summed E-state index contributed by atoms with van der Waals surface area (Å²) in [6.07, 6.45) is -0.340. The van der Waals surface area contributed by atoms with Crippen LogP contribution >= 0.6 is 0 Å². The number of aliphatic carboxylic acids is 1. The number of hydrogen-bond donors (Lipinski definition) is 7. The molecule has 0 fully saturated rings. The standard InChI is InChI=1S/C21H38N6O7/c1-5-11(4)17(24)20(32)27-13(8-10(2)3)18(30)26-14(9-16(23)29)19(31)25-12(21(33)34)6-7-15(22)28/h10-14,17H,5-9,24H2,1-4H3,(H2,22,28)(H2,23,29)(H,25,31)(H,26,30)(H,27,32)(H,33,34). The predicted octanol–water partition coefficient (Wildman–Crippen LogP) is -1.91. The smallest absolute Gasteiger partial charge is 0.326 e. The van der Waals surface area contributed by atoms with Gasteiger partial charge in [-0.2, -0.15) is 0 Å². The molecule has 0 saturated carbocycles. The Morgan fingerprint density at radius 2 is 1.29 bits per heavy atom. The van der Waals surface area contributed by atoms with Gasteiger partial charge >= 0.3 is 5.97 Å². The molecule has 13 nitrogen and oxygen atoms in total. The lowest BCUT2D eigenvalue weighted by molar-refractivity contribution is -0.142. The first-order chi connectivity index (χ1) is 15.7. The van der Waals surface area contributed by atoms with E-state index in [0.717, 1.165) is 0 Å². The van der Waals surface area contributed by atoms with Crippen molar-refractivity contribution < 1.29 is 33.9 Å². The van der Waals surface area contributed by atoms with Gasteiger partial charge in [-0.05, 0) is 24.7 Å². The van der Waals surface area contributed by atoms with Crippen molar-refractivity contribution in [3.63, 3.8) is 0 Å². The van der Waals surface area contributed by atoms with E-state index in [4.69, 9.17) is 17.2 Å². The Labute approximate surface area is 198 Å². The molecular weight excluding hydrogens is 448 g/mol. The van der Waals surface area contributed by atoms with E-state index in [1.807, 2.05) is 20.8 Å². The molecule has 0 aromatic heterocycles. The predicted molar refractivity (Wildman–Crippen MR) is 123 cm³/mol. The van der Waals surface area contributed by atoms with Crippen LogP contribution in [0.5, 0.6) is 0 Å². The molecule has 5 atom stereocenters. The Balaban J connectivity index is 5.56. The maximum atomic E-state index is 12.9. The fourth-order valence-electron chi connectivity index (χ4n) is 2.98. The number of primary amides is 2. The van der Waals surface area contributed by atoms with Crippen molar-refractivity contribution in [3.05, 3.63) is 0 Å². The fraction of sp³-hybridized carbons (Fsp3) is 0.714. The number of nitrogens with two attached hydrogens (primary N) is 3. The van der Waals surface area contributed by atoms with E-state index < -0.39 is 66.1 Å². The normalized spacial score (nSPS) is 15.4. The minimum Gasteiger partial charge on any atom is -0.480 e. The highest BCUT2D eigenvalue weighted by Crippen LogP contribution is 2.10. The van der Waals surface area contributed by atoms with Gasteiger partial charge < -0.3 is 38.3 Å². The van der Waals surface area contributed by atoms with Crippen LogP contribution in [0.4, 0.5) is 0 Å². The first kappa shape index (κ1) is 30.8. The van der Waals surface area contributed by atoms with E-state index in [2.05, 4.69) is 16.0 Å². The zero-order valence-corrected chi connectivity index (χ0v) is 20.1. The average Bonchev–Trinajstić information content (AvgIpc) is 2.73. The molecule has 194 valence electrons. The Kier molecular flexibility index (Phi) is 13.4. The van der Waals surface area contributed by atoms with Gasteiger partial charge in [-0.1, -0.05) is 34.1 Å². The lowest BCUT2D eigenvalue weighted by Gasteiger charge is -2.26. The molecule has 0 radical (unpaired) electrons. The Hall–Kier alpha value is -3.22. The van der Waals surface area contributed by atoms with Crippen LogP contribution in [-0.2, 0) is 28.8 Å². The van der Waals surface area contributed by atoms with Crippen molar-refractivity contribution in [2.75, 3.05) is 0 Å². The third kappa shape index (κ3) is 11.6. The highest BCUT2D eigenvalue weighted by molar-refractivity contribution is 5.96. The third-order valence-electron chi connectivity index (χ3n) is 5.23. The lowest BCUT2D eigenvalue weighted by Crippen LogP contribution is -2.58. The van der Waals surface area contributed by atoms with Crippen molar-refractivity contribution >= 4 is 35.5 Å². The monoisotopic (exact) mass is 486 g/mol. The van der Waals surface area contributed by atoms with E-state index in [-0.39, 0.29) is 31.1 Å². The molecule has 10 N–H and O–H groups in total. The van der Waals surface area contributed by atoms with E-state index in [9.17, 15) is 33.9 Å². The molecule has 0 bridgehead atoms. The third-order valence-corrected chi connectivity index (χ3v) is 5.23. The van der Waals surface area contributed by atoms with Crippen molar-refractivity contribution in [2.24, 2.45) is 29.0 Å². The van der Waals surface area contributed by atoms with Crippen molar-refractivity contribution in [3.8, 4) is 0 Å². The number of carboxylic acids is 1. The minimum absolute atomic E-state index is 0.0236. The molecule has 0 spiro atoms. The van der Waals surface area contributed by atoms with Crippen molar-refractivity contribution in [1.29, 1.82) is 0 Å².